The number of rotatable bonds is 3. The zero-order valence-electron chi connectivity index (χ0n) is 29.6. The van der Waals surface area contributed by atoms with Crippen LogP contribution in [0.1, 0.15) is 5.56 Å². The Kier molecular flexibility index (Phi) is 6.10. The van der Waals surface area contributed by atoms with Gasteiger partial charge < -0.3 is 18.0 Å². The molecule has 0 N–H and O–H groups in total. The highest BCUT2D eigenvalue weighted by molar-refractivity contribution is 6.19. The minimum Gasteiger partial charge on any atom is -0.456 e. The number of benzene rings is 8. The molecule has 0 spiro atoms. The van der Waals surface area contributed by atoms with Crippen molar-refractivity contribution in [1.29, 1.82) is 5.26 Å². The van der Waals surface area contributed by atoms with Gasteiger partial charge in [0.1, 0.15) is 22.3 Å². The van der Waals surface area contributed by atoms with E-state index < -0.39 is 0 Å². The van der Waals surface area contributed by atoms with Crippen LogP contribution in [0, 0.1) is 17.9 Å². The fourth-order valence-corrected chi connectivity index (χ4v) is 8.89. The number of hydrogen-bond acceptors (Lipinski definition) is 3. The molecule has 0 unspecified atom stereocenters. The number of nitrogens with zero attached hydrogens (tertiary/aromatic N) is 4. The Morgan fingerprint density at radius 2 is 0.982 bits per heavy atom. The van der Waals surface area contributed by atoms with Crippen LogP contribution < -0.4 is 0 Å². The zero-order valence-corrected chi connectivity index (χ0v) is 29.6. The van der Waals surface area contributed by atoms with Gasteiger partial charge in [-0.1, -0.05) is 91.0 Å². The smallest absolute Gasteiger partial charge is 0.210 e. The summed E-state index contributed by atoms with van der Waals surface area (Å²) in [7, 11) is 0. The number of para-hydroxylation sites is 4. The molecule has 56 heavy (non-hydrogen) atoms. The van der Waals surface area contributed by atoms with Crippen molar-refractivity contribution >= 4 is 93.2 Å². The van der Waals surface area contributed by atoms with E-state index in [-0.39, 0.29) is 0 Å². The maximum Gasteiger partial charge on any atom is 0.210 e. The van der Waals surface area contributed by atoms with Gasteiger partial charge in [-0.15, -0.1) is 0 Å². The van der Waals surface area contributed by atoms with Gasteiger partial charge in [-0.25, -0.2) is 4.85 Å². The Morgan fingerprint density at radius 1 is 0.446 bits per heavy atom. The van der Waals surface area contributed by atoms with Gasteiger partial charge in [0.25, 0.3) is 0 Å². The molecule has 8 aromatic carbocycles. The number of nitriles is 1. The molecule has 0 fully saturated rings. The summed E-state index contributed by atoms with van der Waals surface area (Å²) in [5, 5.41) is 18.9. The van der Waals surface area contributed by atoms with Crippen LogP contribution in [0.5, 0.6) is 0 Å². The molecule has 0 saturated heterocycles. The summed E-state index contributed by atoms with van der Waals surface area (Å²) in [5.41, 5.74) is 11.8. The van der Waals surface area contributed by atoms with Crippen LogP contribution in [0.4, 0.5) is 5.69 Å². The molecule has 0 radical (unpaired) electrons. The summed E-state index contributed by atoms with van der Waals surface area (Å²) in [6, 6.07) is 55.9. The largest absolute Gasteiger partial charge is 0.456 e. The molecule has 12 aromatic rings. The number of hydrogen-bond donors (Lipinski definition) is 0. The molecule has 6 heteroatoms. The molecule has 0 bridgehead atoms. The predicted octanol–water partition coefficient (Wildman–Crippen LogP) is 13.8. The Bertz CT molecular complexity index is 3750. The lowest BCUT2D eigenvalue weighted by atomic mass is 9.99. The van der Waals surface area contributed by atoms with Gasteiger partial charge >= 0.3 is 0 Å². The second kappa shape index (κ2) is 11.2. The molecule has 4 aromatic heterocycles. The molecule has 0 aliphatic carbocycles. The average molecular weight is 715 g/mol. The van der Waals surface area contributed by atoms with E-state index in [1.54, 1.807) is 0 Å². The second-order valence-electron chi connectivity index (χ2n) is 14.3. The Labute approximate surface area is 318 Å². The number of fused-ring (bicyclic) bond motifs is 12. The summed E-state index contributed by atoms with van der Waals surface area (Å²) in [6.45, 7) is 8.32. The molecular formula is C50H26N4O2. The van der Waals surface area contributed by atoms with E-state index in [9.17, 15) is 5.26 Å². The Balaban J connectivity index is 1.14. The summed E-state index contributed by atoms with van der Waals surface area (Å²) in [4.78, 5) is 4.05. The van der Waals surface area contributed by atoms with Gasteiger partial charge in [-0.05, 0) is 60.2 Å². The van der Waals surface area contributed by atoms with Crippen molar-refractivity contribution in [1.82, 2.24) is 9.13 Å². The van der Waals surface area contributed by atoms with Crippen molar-refractivity contribution in [3.8, 4) is 28.6 Å². The van der Waals surface area contributed by atoms with Crippen LogP contribution in [0.15, 0.2) is 167 Å². The third-order valence-electron chi connectivity index (χ3n) is 11.4. The van der Waals surface area contributed by atoms with E-state index in [0.717, 1.165) is 110 Å². The minimum atomic E-state index is 0.528. The molecule has 0 aliphatic heterocycles. The standard InChI is InChI=1S/C50H26N4O2/c1-52-40-21-19-30(23-46(40)54-42-15-7-3-11-33(42)37-25-39-35-13-5-9-17-48(35)56-50(39)27-45(37)54)31-20-18-29(28-51)22-43(31)53-41-14-6-2-10-32(41)36-24-38-34-12-4-8-16-47(34)55-49(38)26-44(36)53/h2-27H. The Hall–Kier alpha value is -8.06. The van der Waals surface area contributed by atoms with Crippen molar-refractivity contribution in [2.75, 3.05) is 0 Å². The van der Waals surface area contributed by atoms with Crippen LogP contribution in [0.25, 0.3) is 115 Å². The quantitative estimate of drug-likeness (QED) is 0.171. The summed E-state index contributed by atoms with van der Waals surface area (Å²) in [5.74, 6) is 0. The van der Waals surface area contributed by atoms with Gasteiger partial charge in [0.2, 0.25) is 5.69 Å². The molecule has 4 heterocycles. The van der Waals surface area contributed by atoms with Crippen molar-refractivity contribution in [2.24, 2.45) is 0 Å². The van der Waals surface area contributed by atoms with Crippen LogP contribution in [-0.2, 0) is 0 Å². The van der Waals surface area contributed by atoms with Crippen LogP contribution in [0.2, 0.25) is 0 Å². The van der Waals surface area contributed by atoms with Gasteiger partial charge in [-0.2, -0.15) is 5.26 Å². The van der Waals surface area contributed by atoms with Crippen LogP contribution in [-0.4, -0.2) is 9.13 Å². The number of furan rings is 2. The first kappa shape index (κ1) is 30.4. The predicted molar refractivity (Wildman–Crippen MR) is 226 cm³/mol. The van der Waals surface area contributed by atoms with Gasteiger partial charge in [0.15, 0.2) is 0 Å². The van der Waals surface area contributed by atoms with Crippen molar-refractivity contribution in [3.63, 3.8) is 0 Å². The van der Waals surface area contributed by atoms with Gasteiger partial charge in [0.05, 0.1) is 51.6 Å². The molecule has 0 amide bonds. The second-order valence-corrected chi connectivity index (χ2v) is 14.3. The third kappa shape index (κ3) is 4.13. The van der Waals surface area contributed by atoms with E-state index in [1.807, 2.05) is 72.8 Å². The van der Waals surface area contributed by atoms with E-state index >= 15 is 0 Å². The minimum absolute atomic E-state index is 0.528. The van der Waals surface area contributed by atoms with Crippen molar-refractivity contribution in [2.45, 2.75) is 0 Å². The highest BCUT2D eigenvalue weighted by atomic mass is 16.3. The molecule has 0 saturated carbocycles. The van der Waals surface area contributed by atoms with Crippen molar-refractivity contribution < 1.29 is 8.83 Å². The topological polar surface area (TPSA) is 64.3 Å². The molecular weight excluding hydrogens is 689 g/mol. The van der Waals surface area contributed by atoms with E-state index in [4.69, 9.17) is 15.4 Å². The van der Waals surface area contributed by atoms with Gasteiger partial charge in [-0.3, -0.25) is 0 Å². The van der Waals surface area contributed by atoms with Crippen LogP contribution >= 0.6 is 0 Å². The first-order valence-corrected chi connectivity index (χ1v) is 18.4. The molecule has 6 nitrogen and oxygen atoms in total. The average Bonchev–Trinajstić information content (AvgIpc) is 3.98. The fourth-order valence-electron chi connectivity index (χ4n) is 8.89. The third-order valence-corrected chi connectivity index (χ3v) is 11.4. The first-order valence-electron chi connectivity index (χ1n) is 18.4. The molecule has 0 atom stereocenters. The highest BCUT2D eigenvalue weighted by Gasteiger charge is 2.22. The summed E-state index contributed by atoms with van der Waals surface area (Å²) < 4.78 is 17.2. The maximum atomic E-state index is 10.2. The van der Waals surface area contributed by atoms with E-state index in [0.29, 0.717) is 11.3 Å². The summed E-state index contributed by atoms with van der Waals surface area (Å²) >= 11 is 0. The van der Waals surface area contributed by atoms with E-state index in [2.05, 4.69) is 105 Å². The normalized spacial score (nSPS) is 11.9. The Morgan fingerprint density at radius 3 is 1.55 bits per heavy atom. The van der Waals surface area contributed by atoms with Gasteiger partial charge in [0, 0.05) is 60.8 Å². The lowest BCUT2D eigenvalue weighted by molar-refractivity contribution is 0.669. The lowest BCUT2D eigenvalue weighted by Crippen LogP contribution is -2.00. The zero-order chi connectivity index (χ0) is 37.1. The van der Waals surface area contributed by atoms with Crippen LogP contribution in [0.3, 0.4) is 0 Å². The SMILES string of the molecule is [C-]#[N+]c1ccc(-c2ccc(C#N)cc2-n2c3ccccc3c3cc4c(cc32)oc2ccccc24)cc1-n1c2ccccc2c2cc3c(cc21)oc1ccccc13. The molecule has 0 aliphatic rings. The molecule has 12 rings (SSSR count). The number of aromatic nitrogens is 2. The fraction of sp³-hybridized carbons (Fsp3) is 0. The monoisotopic (exact) mass is 714 g/mol. The molecule has 258 valence electrons. The summed E-state index contributed by atoms with van der Waals surface area (Å²) in [6.07, 6.45) is 0. The lowest BCUT2D eigenvalue weighted by Gasteiger charge is -2.17. The maximum absolute atomic E-state index is 10.2. The first-order chi connectivity index (χ1) is 27.7. The van der Waals surface area contributed by atoms with Crippen molar-refractivity contribution in [3.05, 3.63) is 175 Å². The highest BCUT2D eigenvalue weighted by Crippen LogP contribution is 2.44. The van der Waals surface area contributed by atoms with E-state index in [1.165, 1.54) is 0 Å².